The Labute approximate surface area is 604 Å². The molecule has 0 unspecified atom stereocenters. The first-order valence-corrected chi connectivity index (χ1v) is 98.4. The second kappa shape index (κ2) is 37.2. The minimum atomic E-state index is -2.25. The molecule has 0 atom stereocenters. The molecule has 0 saturated heterocycles. The zero-order valence-electron chi connectivity index (χ0n) is 59.7. The lowest BCUT2D eigenvalue weighted by atomic mass is 10.8. The van der Waals surface area contributed by atoms with Gasteiger partial charge in [0.05, 0.1) is 40.4 Å². The highest BCUT2D eigenvalue weighted by Crippen LogP contribution is 2.51. The normalized spacial score (nSPS) is 15.4. The van der Waals surface area contributed by atoms with Crippen LogP contribution in [-0.2, 0) is 0 Å². The summed E-state index contributed by atoms with van der Waals surface area (Å²) in [5.74, 6) is 0. The van der Waals surface area contributed by atoms with Gasteiger partial charge in [-0.2, -0.15) is 133 Å². The highest BCUT2D eigenvalue weighted by atomic mass is 35.6. The van der Waals surface area contributed by atoms with Gasteiger partial charge in [0.25, 0.3) is 0 Å². The maximum Gasteiger partial charge on any atom is 0.150 e. The van der Waals surface area contributed by atoms with Gasteiger partial charge >= 0.3 is 0 Å². The van der Waals surface area contributed by atoms with Gasteiger partial charge in [0, 0.05) is 0 Å². The molecule has 0 spiro atoms. The van der Waals surface area contributed by atoms with Crippen molar-refractivity contribution in [3.05, 3.63) is 0 Å². The molecule has 0 bridgehead atoms. The molecule has 0 aromatic heterocycles. The van der Waals surface area contributed by atoms with Crippen LogP contribution in [0.1, 0.15) is 0 Å². The van der Waals surface area contributed by atoms with Gasteiger partial charge in [-0.05, 0) is 72.5 Å². The topological polar surface area (TPSA) is 0 Å². The van der Waals surface area contributed by atoms with Gasteiger partial charge in [0.1, 0.15) is 88.6 Å². The lowest BCUT2D eigenvalue weighted by Crippen LogP contribution is -2.48. The van der Waals surface area contributed by atoms with E-state index in [1.807, 2.05) is 0 Å². The van der Waals surface area contributed by atoms with Crippen molar-refractivity contribution in [2.45, 2.75) is 351 Å². The number of halogens is 12. The van der Waals surface area contributed by atoms with Gasteiger partial charge in [-0.15, -0.1) is 0 Å². The van der Waals surface area contributed by atoms with Gasteiger partial charge in [0.2, 0.25) is 0 Å². The van der Waals surface area contributed by atoms with E-state index in [2.05, 4.69) is 157 Å². The maximum atomic E-state index is 7.55. The molecule has 0 saturated carbocycles. The largest absolute Gasteiger partial charge is 0.168 e. The van der Waals surface area contributed by atoms with Crippen molar-refractivity contribution in [3.63, 3.8) is 0 Å². The third kappa shape index (κ3) is 51.0. The predicted octanol–water partition coefficient (Wildman–Crippen LogP) is 30.6. The summed E-state index contributed by atoms with van der Waals surface area (Å²) < 4.78 is 0. The molecule has 29 heteroatoms. The summed E-state index contributed by atoms with van der Waals surface area (Å²) in [4.78, 5) is 0. The van der Waals surface area contributed by atoms with Crippen molar-refractivity contribution in [1.82, 2.24) is 0 Å². The van der Waals surface area contributed by atoms with Crippen LogP contribution in [0.5, 0.6) is 0 Å². The van der Waals surface area contributed by atoms with Gasteiger partial charge in [-0.1, -0.05) is 278 Å². The zero-order chi connectivity index (χ0) is 67.1. The Kier molecular flexibility index (Phi) is 40.3. The summed E-state index contributed by atoms with van der Waals surface area (Å²) in [7, 11) is -33.2. The Morgan fingerprint density at radius 1 is 0.106 bits per heavy atom. The molecule has 512 valence electrons. The van der Waals surface area contributed by atoms with Crippen LogP contribution in [-0.4, -0.2) is 129 Å². The van der Waals surface area contributed by atoms with Crippen molar-refractivity contribution in [2.75, 3.05) is 0 Å². The Balaban J connectivity index is 9.82. The van der Waals surface area contributed by atoms with Gasteiger partial charge in [-0.25, -0.2) is 0 Å². The van der Waals surface area contributed by atoms with Crippen LogP contribution in [0.15, 0.2) is 0 Å². The third-order valence-electron chi connectivity index (χ3n) is 19.7. The summed E-state index contributed by atoms with van der Waals surface area (Å²) in [5.41, 5.74) is 0. The molecule has 0 aliphatic carbocycles. The van der Waals surface area contributed by atoms with Crippen molar-refractivity contribution in [3.8, 4) is 0 Å². The third-order valence-corrected chi connectivity index (χ3v) is 78.0. The van der Waals surface area contributed by atoms with E-state index in [4.69, 9.17) is 133 Å². The molecule has 0 nitrogen and oxygen atoms in total. The van der Waals surface area contributed by atoms with E-state index in [1.165, 1.54) is 193 Å². The predicted molar refractivity (Wildman–Crippen MR) is 463 cm³/mol. The van der Waals surface area contributed by atoms with Crippen molar-refractivity contribution >= 4 is 262 Å². The van der Waals surface area contributed by atoms with Crippen LogP contribution in [0.2, 0.25) is 351 Å². The molecule has 0 radical (unpaired) electrons. The average molecular weight is 1710 g/mol. The minimum absolute atomic E-state index is 1.20. The Hall–Kier alpha value is 7.17. The first-order valence-electron chi connectivity index (χ1n) is 33.6. The maximum absolute atomic E-state index is 7.55. The van der Waals surface area contributed by atoms with Crippen LogP contribution in [0.4, 0.5) is 0 Å². The summed E-state index contributed by atoms with van der Waals surface area (Å²) in [6, 6.07) is 41.8. The monoisotopic (exact) mass is 1700 g/mol. The molecule has 0 aliphatic rings. The summed E-state index contributed by atoms with van der Waals surface area (Å²) >= 11 is 90.6. The molecule has 0 N–H and O–H groups in total. The Morgan fingerprint density at radius 3 is 0.200 bits per heavy atom. The first-order chi connectivity index (χ1) is 37.3. The molecule has 0 aromatic rings. The van der Waals surface area contributed by atoms with Crippen molar-refractivity contribution in [1.29, 1.82) is 0 Å². The van der Waals surface area contributed by atoms with Crippen LogP contribution < -0.4 is 0 Å². The molecule has 0 rings (SSSR count). The fourth-order valence-corrected chi connectivity index (χ4v) is 101. The smallest absolute Gasteiger partial charge is 0.150 e. The van der Waals surface area contributed by atoms with E-state index < -0.39 is 129 Å². The zero-order valence-corrected chi connectivity index (χ0v) is 85.7. The number of rotatable bonds is 48. The number of hydrogen-bond donors (Lipinski definition) is 0. The van der Waals surface area contributed by atoms with Gasteiger partial charge < -0.3 is 0 Å². The number of hydrogen-bond acceptors (Lipinski definition) is 0. The molecule has 0 aliphatic heterocycles. The van der Waals surface area contributed by atoms with E-state index in [0.29, 0.717) is 0 Å². The summed E-state index contributed by atoms with van der Waals surface area (Å²) in [6.45, 7) is 57.9. The molecule has 0 aromatic carbocycles. The van der Waals surface area contributed by atoms with Crippen LogP contribution in [0.25, 0.3) is 0 Å². The van der Waals surface area contributed by atoms with Crippen LogP contribution >= 0.6 is 133 Å². The van der Waals surface area contributed by atoms with Crippen molar-refractivity contribution in [2.24, 2.45) is 0 Å². The van der Waals surface area contributed by atoms with E-state index >= 15 is 0 Å². The Morgan fingerprint density at radius 2 is 0.153 bits per heavy atom. The highest BCUT2D eigenvalue weighted by Gasteiger charge is 2.49. The van der Waals surface area contributed by atoms with Gasteiger partial charge in [0.15, 0.2) is 0 Å². The first kappa shape index (κ1) is 92.2. The fraction of sp³-hybridized carbons (Fsp3) is 1.00. The quantitative estimate of drug-likeness (QED) is 0.0421. The Bertz CT molecular complexity index is 1420. The second-order valence-corrected chi connectivity index (χ2v) is 145. The van der Waals surface area contributed by atoms with E-state index in [9.17, 15) is 0 Å². The van der Waals surface area contributed by atoms with E-state index in [1.54, 1.807) is 0 Å². The molecule has 0 heterocycles. The highest BCUT2D eigenvalue weighted by molar-refractivity contribution is 7.24. The molecular weight excluding hydrogens is 1580 g/mol. The molecular formula is C56H136Cl12Si17. The average Bonchev–Trinajstić information content (AvgIpc) is 3.50. The lowest BCUT2D eigenvalue weighted by molar-refractivity contribution is 0.984. The van der Waals surface area contributed by atoms with E-state index in [0.717, 1.165) is 0 Å². The van der Waals surface area contributed by atoms with E-state index in [-0.39, 0.29) is 0 Å². The van der Waals surface area contributed by atoms with Gasteiger partial charge in [-0.3, -0.25) is 0 Å². The minimum Gasteiger partial charge on any atom is -0.168 e. The van der Waals surface area contributed by atoms with Crippen molar-refractivity contribution < 1.29 is 0 Å². The second-order valence-electron chi connectivity index (χ2n) is 36.1. The standard InChI is InChI=1S/C56H136Cl12Si17/c1-69(2,57)25-37-81(38-26-70(3,4)58,39-27-71(5,6)59)49-53-85(54-50-82(40-28-72(7,8)60,41-29-73(9,10)61)42-30-74(11,12)62,55-51-83(43-31-75(13,14)63,44-32-76(15,16)64)45-33-77(17,18)65)56-52-84(46-34-78(19,20)66,47-35-79(21,22)67)48-36-80(23,24)68/h25-56H2,1-24H3. The molecule has 0 amide bonds. The summed E-state index contributed by atoms with van der Waals surface area (Å²) in [6.07, 6.45) is 0. The van der Waals surface area contributed by atoms with Crippen LogP contribution in [0.3, 0.4) is 0 Å². The lowest BCUT2D eigenvalue weighted by Gasteiger charge is -2.46. The SMILES string of the molecule is C[Si](C)(Cl)CC[Si](CC[Si](C)(C)Cl)(CC[Si](C)(C)Cl)CC[Si](CC[Si](CC[Si](C)(C)Cl)(CC[Si](C)(C)Cl)CC[Si](C)(C)Cl)(CC[Si](CC[Si](C)(C)Cl)(CC[Si](C)(C)Cl)CC[Si](C)(C)Cl)CC[Si](CC[Si](C)(C)Cl)(CC[Si](C)(C)Cl)CC[Si](C)(C)Cl. The van der Waals surface area contributed by atoms with Crippen LogP contribution in [0, 0.1) is 0 Å². The fourth-order valence-electron chi connectivity index (χ4n) is 12.6. The summed E-state index contributed by atoms with van der Waals surface area (Å²) in [5, 5.41) is 0. The molecule has 85 heavy (non-hydrogen) atoms. The molecule has 0 fully saturated rings.